The first kappa shape index (κ1) is 41.1. The molecule has 3 rings (SSSR count). The molecule has 1 fully saturated rings. The molecule has 1 aromatic heterocycles. The van der Waals surface area contributed by atoms with E-state index in [1.807, 2.05) is 13.8 Å². The molecule has 0 spiro atoms. The van der Waals surface area contributed by atoms with E-state index in [1.54, 1.807) is 30.3 Å². The first-order valence-corrected chi connectivity index (χ1v) is 17.1. The van der Waals surface area contributed by atoms with Crippen molar-refractivity contribution in [1.82, 2.24) is 41.5 Å². The van der Waals surface area contributed by atoms with Crippen LogP contribution in [0.3, 0.4) is 0 Å². The molecule has 2 heterocycles. The number of aliphatic hydroxyl groups excluding tert-OH is 1. The molecule has 6 amide bonds. The van der Waals surface area contributed by atoms with E-state index < -0.39 is 90.8 Å². The van der Waals surface area contributed by atoms with Gasteiger partial charge in [-0.05, 0) is 37.7 Å². The van der Waals surface area contributed by atoms with Crippen LogP contribution in [0.5, 0.6) is 0 Å². The Hall–Kier alpha value is -5.36. The van der Waals surface area contributed by atoms with Crippen LogP contribution in [0.4, 0.5) is 0 Å². The van der Waals surface area contributed by atoms with Crippen LogP contribution in [0.1, 0.15) is 51.3 Å². The van der Waals surface area contributed by atoms with E-state index in [0.717, 1.165) is 0 Å². The van der Waals surface area contributed by atoms with Gasteiger partial charge in [0.15, 0.2) is 0 Å². The first-order chi connectivity index (χ1) is 24.7. The standard InChI is InChI=1S/C34H49N9O9/c1-19(2)12-23(40-29(46)20(3)35)30(47)37-16-28(45)39-24(14-22-15-36-18-38-22)31(48)42-26(17-44)32(49)41-25(13-21-8-5-4-6-9-21)33(50)43-11-7-10-27(43)34(51)52/h4-6,8-9,15,18-20,23-27,44H,7,10-14,16-17,35H2,1-3H3,(H,36,38)(H,37,47)(H,39,45)(H,40,46)(H,41,49)(H,42,48)(H,51,52)/t20-,23-,24-,25-,26-,27-/m0/s1. The number of rotatable bonds is 19. The highest BCUT2D eigenvalue weighted by Crippen LogP contribution is 2.20. The molecule has 18 nitrogen and oxygen atoms in total. The third-order valence-corrected chi connectivity index (χ3v) is 8.34. The number of benzene rings is 1. The third kappa shape index (κ3) is 12.4. The highest BCUT2D eigenvalue weighted by Gasteiger charge is 2.38. The minimum absolute atomic E-state index is 0.0114. The summed E-state index contributed by atoms with van der Waals surface area (Å²) in [6, 6.07) is 1.76. The molecule has 1 aromatic carbocycles. The molecule has 10 N–H and O–H groups in total. The van der Waals surface area contributed by atoms with Crippen LogP contribution < -0.4 is 32.3 Å². The summed E-state index contributed by atoms with van der Waals surface area (Å²) in [5, 5.41) is 32.3. The molecule has 1 aliphatic rings. The second kappa shape index (κ2) is 19.9. The molecular formula is C34H49N9O9. The number of nitrogens with zero attached hydrogens (tertiary/aromatic N) is 2. The normalized spacial score (nSPS) is 16.9. The summed E-state index contributed by atoms with van der Waals surface area (Å²) in [4.78, 5) is 98.4. The van der Waals surface area contributed by atoms with Crippen molar-refractivity contribution in [1.29, 1.82) is 0 Å². The Bertz CT molecular complexity index is 1540. The van der Waals surface area contributed by atoms with Gasteiger partial charge in [0.25, 0.3) is 0 Å². The monoisotopic (exact) mass is 727 g/mol. The molecule has 0 unspecified atom stereocenters. The van der Waals surface area contributed by atoms with Gasteiger partial charge in [-0.15, -0.1) is 0 Å². The Morgan fingerprint density at radius 2 is 1.54 bits per heavy atom. The Morgan fingerprint density at radius 3 is 2.13 bits per heavy atom. The zero-order valence-electron chi connectivity index (χ0n) is 29.5. The molecule has 52 heavy (non-hydrogen) atoms. The van der Waals surface area contributed by atoms with Crippen molar-refractivity contribution in [3.8, 4) is 0 Å². The lowest BCUT2D eigenvalue weighted by molar-refractivity contribution is -0.149. The molecule has 0 bridgehead atoms. The molecule has 0 radical (unpaired) electrons. The van der Waals surface area contributed by atoms with Crippen LogP contribution in [0.2, 0.25) is 0 Å². The maximum atomic E-state index is 13.6. The fourth-order valence-corrected chi connectivity index (χ4v) is 5.64. The number of amides is 6. The Balaban J connectivity index is 1.72. The number of carbonyl (C=O) groups excluding carboxylic acids is 6. The number of H-pyrrole nitrogens is 1. The van der Waals surface area contributed by atoms with E-state index >= 15 is 0 Å². The van der Waals surface area contributed by atoms with Crippen molar-refractivity contribution in [2.45, 2.75) is 89.1 Å². The van der Waals surface area contributed by atoms with Crippen LogP contribution in [-0.4, -0.2) is 122 Å². The predicted molar refractivity (Wildman–Crippen MR) is 186 cm³/mol. The van der Waals surface area contributed by atoms with Crippen LogP contribution in [0.15, 0.2) is 42.9 Å². The molecule has 6 atom stereocenters. The number of hydrogen-bond acceptors (Lipinski definition) is 10. The molecule has 18 heteroatoms. The Labute approximate surface area is 301 Å². The van der Waals surface area contributed by atoms with Gasteiger partial charge in [-0.2, -0.15) is 0 Å². The molecule has 1 saturated heterocycles. The number of likely N-dealkylation sites (tertiary alicyclic amines) is 1. The molecule has 0 saturated carbocycles. The fraction of sp³-hybridized carbons (Fsp3) is 0.529. The number of aromatic nitrogens is 2. The number of hydrogen-bond donors (Lipinski definition) is 9. The van der Waals surface area contributed by atoms with Gasteiger partial charge in [-0.3, -0.25) is 28.8 Å². The van der Waals surface area contributed by atoms with Crippen LogP contribution in [0.25, 0.3) is 0 Å². The minimum Gasteiger partial charge on any atom is -0.480 e. The van der Waals surface area contributed by atoms with Crippen molar-refractivity contribution < 1.29 is 43.8 Å². The Kier molecular flexibility index (Phi) is 15.7. The number of aliphatic hydroxyl groups is 1. The quantitative estimate of drug-likeness (QED) is 0.0743. The summed E-state index contributed by atoms with van der Waals surface area (Å²) >= 11 is 0. The first-order valence-electron chi connectivity index (χ1n) is 17.1. The SMILES string of the molecule is CC(C)C[C@H](NC(=O)[C@H](C)N)C(=O)NCC(=O)N[C@@H](Cc1cnc[nH]1)C(=O)N[C@@H](CO)C(=O)N[C@@H](Cc1ccccc1)C(=O)N1CCC[C@H]1C(=O)O. The fourth-order valence-electron chi connectivity index (χ4n) is 5.64. The lowest BCUT2D eigenvalue weighted by atomic mass is 10.0. The maximum absolute atomic E-state index is 13.6. The average molecular weight is 728 g/mol. The van der Waals surface area contributed by atoms with E-state index in [9.17, 15) is 43.8 Å². The number of aromatic amines is 1. The summed E-state index contributed by atoms with van der Waals surface area (Å²) in [6.07, 6.45) is 3.69. The zero-order valence-corrected chi connectivity index (χ0v) is 29.5. The summed E-state index contributed by atoms with van der Waals surface area (Å²) in [5.41, 5.74) is 6.74. The second-order valence-electron chi connectivity index (χ2n) is 13.1. The largest absolute Gasteiger partial charge is 0.480 e. The summed E-state index contributed by atoms with van der Waals surface area (Å²) in [5.74, 6) is -5.50. The number of nitrogens with two attached hydrogens (primary N) is 1. The number of carboxylic acid groups (broad SMARTS) is 1. The molecule has 284 valence electrons. The third-order valence-electron chi connectivity index (χ3n) is 8.34. The molecule has 2 aromatic rings. The second-order valence-corrected chi connectivity index (χ2v) is 13.1. The minimum atomic E-state index is -1.57. The average Bonchev–Trinajstić information content (AvgIpc) is 3.81. The van der Waals surface area contributed by atoms with Crippen LogP contribution in [0, 0.1) is 5.92 Å². The predicted octanol–water partition coefficient (Wildman–Crippen LogP) is -2.29. The van der Waals surface area contributed by atoms with E-state index in [0.29, 0.717) is 17.7 Å². The van der Waals surface area contributed by atoms with E-state index in [2.05, 4.69) is 36.6 Å². The van der Waals surface area contributed by atoms with Gasteiger partial charge in [-0.25, -0.2) is 9.78 Å². The number of carboxylic acids is 1. The summed E-state index contributed by atoms with van der Waals surface area (Å²) in [6.45, 7) is 3.93. The Morgan fingerprint density at radius 1 is 0.885 bits per heavy atom. The van der Waals surface area contributed by atoms with Gasteiger partial charge in [0.2, 0.25) is 35.4 Å². The van der Waals surface area contributed by atoms with Crippen molar-refractivity contribution >= 4 is 41.4 Å². The van der Waals surface area contributed by atoms with Gasteiger partial charge in [0, 0.05) is 31.3 Å². The number of imidazole rings is 1. The van der Waals surface area contributed by atoms with Crippen molar-refractivity contribution in [2.75, 3.05) is 19.7 Å². The lowest BCUT2D eigenvalue weighted by Crippen LogP contribution is -2.59. The van der Waals surface area contributed by atoms with Crippen molar-refractivity contribution in [2.24, 2.45) is 11.7 Å². The van der Waals surface area contributed by atoms with Crippen molar-refractivity contribution in [3.05, 3.63) is 54.1 Å². The van der Waals surface area contributed by atoms with Crippen LogP contribution in [-0.2, 0) is 46.4 Å². The molecule has 1 aliphatic heterocycles. The maximum Gasteiger partial charge on any atom is 0.326 e. The molecule has 0 aliphatic carbocycles. The zero-order chi connectivity index (χ0) is 38.4. The number of carbonyl (C=O) groups is 7. The van der Waals surface area contributed by atoms with Gasteiger partial charge in [0.05, 0.1) is 25.5 Å². The van der Waals surface area contributed by atoms with Crippen molar-refractivity contribution in [3.63, 3.8) is 0 Å². The van der Waals surface area contributed by atoms with E-state index in [-0.39, 0.29) is 38.1 Å². The highest BCUT2D eigenvalue weighted by molar-refractivity contribution is 5.96. The van der Waals surface area contributed by atoms with Gasteiger partial charge < -0.3 is 52.4 Å². The van der Waals surface area contributed by atoms with E-state index in [1.165, 1.54) is 24.3 Å². The topological polar surface area (TPSA) is 278 Å². The summed E-state index contributed by atoms with van der Waals surface area (Å²) in [7, 11) is 0. The van der Waals surface area contributed by atoms with E-state index in [4.69, 9.17) is 5.73 Å². The number of nitrogens with one attached hydrogen (secondary N) is 6. The lowest BCUT2D eigenvalue weighted by Gasteiger charge is -2.29. The molecular weight excluding hydrogens is 678 g/mol. The van der Waals surface area contributed by atoms with Gasteiger partial charge in [-0.1, -0.05) is 44.2 Å². The van der Waals surface area contributed by atoms with Crippen LogP contribution >= 0.6 is 0 Å². The summed E-state index contributed by atoms with van der Waals surface area (Å²) < 4.78 is 0. The van der Waals surface area contributed by atoms with Gasteiger partial charge in [0.1, 0.15) is 30.2 Å². The smallest absolute Gasteiger partial charge is 0.326 e. The van der Waals surface area contributed by atoms with Gasteiger partial charge >= 0.3 is 5.97 Å². The number of aliphatic carboxylic acids is 1. The highest BCUT2D eigenvalue weighted by atomic mass is 16.4.